The maximum atomic E-state index is 12.0. The van der Waals surface area contributed by atoms with Crippen molar-refractivity contribution < 1.29 is 28.7 Å². The molecule has 0 aliphatic carbocycles. The number of nitrogens with zero attached hydrogens (tertiary/aromatic N) is 4. The molecular weight excluding hydrogens is 1080 g/mol. The monoisotopic (exact) mass is 1150 g/mol. The Bertz CT molecular complexity index is 3950. The summed E-state index contributed by atoms with van der Waals surface area (Å²) in [5.41, 5.74) is 16.1. The molecule has 16 nitrogen and oxygen atoms in total. The summed E-state index contributed by atoms with van der Waals surface area (Å²) >= 11 is 0. The van der Waals surface area contributed by atoms with E-state index < -0.39 is 0 Å². The summed E-state index contributed by atoms with van der Waals surface area (Å²) in [4.78, 5) is 70.2. The molecule has 4 aromatic carbocycles. The van der Waals surface area contributed by atoms with Crippen molar-refractivity contribution in [3.05, 3.63) is 271 Å². The predicted octanol–water partition coefficient (Wildman–Crippen LogP) is 13.3. The predicted molar refractivity (Wildman–Crippen MR) is 339 cm³/mol. The fraction of sp³-hybridized carbons (Fsp3) is 0.186. The van der Waals surface area contributed by atoms with Crippen molar-refractivity contribution in [2.24, 2.45) is 0 Å². The van der Waals surface area contributed by atoms with Gasteiger partial charge in [-0.2, -0.15) is 5.48 Å². The zero-order chi connectivity index (χ0) is 59.9. The molecule has 8 aromatic heterocycles. The number of carbonyl (C=O) groups is 3. The Morgan fingerprint density at radius 3 is 1.33 bits per heavy atom. The fourth-order valence-corrected chi connectivity index (χ4v) is 10.3. The number of aromatic amines is 4. The molecule has 3 unspecified atom stereocenters. The zero-order valence-electron chi connectivity index (χ0n) is 48.6. The topological polar surface area (TPSA) is 218 Å². The minimum atomic E-state index is -0.354. The van der Waals surface area contributed by atoms with Gasteiger partial charge in [-0.3, -0.25) is 29.5 Å². The Balaban J connectivity index is 0.000000137. The van der Waals surface area contributed by atoms with Gasteiger partial charge in [0.25, 0.3) is 0 Å². The Morgan fingerprint density at radius 2 is 0.895 bits per heavy atom. The number of benzene rings is 4. The summed E-state index contributed by atoms with van der Waals surface area (Å²) < 4.78 is 10.2. The van der Waals surface area contributed by atoms with Crippen LogP contribution in [0, 0.1) is 0 Å². The van der Waals surface area contributed by atoms with E-state index in [1.807, 2.05) is 148 Å². The Labute approximate surface area is 499 Å². The number of carbonyl (C=O) groups excluding carboxylic acids is 3. The summed E-state index contributed by atoms with van der Waals surface area (Å²) in [6, 6.07) is 48.9. The molecule has 8 heterocycles. The van der Waals surface area contributed by atoms with Gasteiger partial charge in [0.05, 0.1) is 26.1 Å². The van der Waals surface area contributed by atoms with E-state index >= 15 is 0 Å². The van der Waals surface area contributed by atoms with Crippen molar-refractivity contribution in [1.29, 1.82) is 0 Å². The summed E-state index contributed by atoms with van der Waals surface area (Å²) in [5.74, 6) is -0.620. The first kappa shape index (κ1) is 60.3. The van der Waals surface area contributed by atoms with Gasteiger partial charge in [-0.05, 0) is 173 Å². The summed E-state index contributed by atoms with van der Waals surface area (Å²) in [6.07, 6.45) is 25.1. The molecule has 0 aliphatic heterocycles. The van der Waals surface area contributed by atoms with Crippen molar-refractivity contribution in [1.82, 2.24) is 50.7 Å². The van der Waals surface area contributed by atoms with Crippen molar-refractivity contribution in [2.75, 3.05) is 33.9 Å². The number of pyridine rings is 4. The van der Waals surface area contributed by atoms with E-state index in [9.17, 15) is 14.4 Å². The largest absolute Gasteiger partial charge is 0.466 e. The van der Waals surface area contributed by atoms with E-state index in [-0.39, 0.29) is 36.2 Å². The standard InChI is InChI=1S/C18H18N2O2.C18H16N2O2.C17H17N3O2.C17H19N3/c2*1-2-22-18(21)11-16(15-4-3-8-19-12-15)14-6-5-13-7-9-20-17(13)10-14;1-18-22-17(21)10-15(14-3-2-7-19-11-14)13-5-4-12-6-8-20-16(12)9-13;1-18-9-7-16(15-3-2-8-19-12-15)14-5-4-13-6-10-20-17(13)11-14/h3-10,12,16,20H,2,11H2,1H3;3-12,20H,2H2,1H3;2-9,11,15,18,20H,10H2,1H3;2-6,8,10-12,16,18,20H,7,9H2,1H3. The molecule has 436 valence electrons. The number of nitrogens with one attached hydrogen (secondary N) is 6. The van der Waals surface area contributed by atoms with Crippen LogP contribution in [0.1, 0.15) is 95.4 Å². The second-order valence-electron chi connectivity index (χ2n) is 20.1. The van der Waals surface area contributed by atoms with E-state index in [4.69, 9.17) is 14.3 Å². The lowest BCUT2D eigenvalue weighted by Crippen LogP contribution is -2.18. The third-order valence-corrected chi connectivity index (χ3v) is 14.5. The van der Waals surface area contributed by atoms with Gasteiger partial charge in [0.2, 0.25) is 0 Å². The number of H-pyrrole nitrogens is 4. The van der Waals surface area contributed by atoms with Crippen LogP contribution in [0.2, 0.25) is 0 Å². The number of hydroxylamine groups is 1. The number of esters is 2. The third-order valence-electron chi connectivity index (χ3n) is 14.5. The molecule has 0 amide bonds. The number of aromatic nitrogens is 8. The zero-order valence-corrected chi connectivity index (χ0v) is 48.6. The SMILES string of the molecule is CCOC(=O)C=C(c1cccnc1)c1ccc2cc[nH]c2c1.CCOC(=O)CC(c1cccnc1)c1ccc2cc[nH]c2c1.CNCCC(c1cccnc1)c1ccc2cc[nH]c2c1.CNOC(=O)CC(c1cccnc1)c1ccc2cc[nH]c2c1. The van der Waals surface area contributed by atoms with Gasteiger partial charge in [-0.1, -0.05) is 72.8 Å². The van der Waals surface area contributed by atoms with Gasteiger partial charge >= 0.3 is 17.9 Å². The number of ether oxygens (including phenoxy) is 2. The molecule has 0 saturated carbocycles. The molecular formula is C70H70N10O6. The molecule has 16 heteroatoms. The number of hydrogen-bond donors (Lipinski definition) is 6. The molecule has 0 aliphatic rings. The maximum absolute atomic E-state index is 12.0. The quantitative estimate of drug-likeness (QED) is 0.0193. The lowest BCUT2D eigenvalue weighted by molar-refractivity contribution is -0.150. The van der Waals surface area contributed by atoms with Gasteiger partial charge in [-0.25, -0.2) is 4.79 Å². The second kappa shape index (κ2) is 30.8. The number of hydrogen-bond acceptors (Lipinski definition) is 12. The number of fused-ring (bicyclic) bond motifs is 4. The van der Waals surface area contributed by atoms with Crippen molar-refractivity contribution in [2.45, 2.75) is 50.9 Å². The molecule has 6 N–H and O–H groups in total. The molecule has 0 saturated heterocycles. The lowest BCUT2D eigenvalue weighted by atomic mass is 9.89. The first-order valence-electron chi connectivity index (χ1n) is 28.7. The van der Waals surface area contributed by atoms with E-state index in [0.717, 1.165) is 84.6 Å². The summed E-state index contributed by atoms with van der Waals surface area (Å²) in [6.45, 7) is 5.35. The Morgan fingerprint density at radius 1 is 0.465 bits per heavy atom. The van der Waals surface area contributed by atoms with Crippen LogP contribution in [-0.2, 0) is 28.7 Å². The van der Waals surface area contributed by atoms with Gasteiger partial charge in [0, 0.05) is 133 Å². The minimum absolute atomic E-state index is 0.0551. The molecule has 0 radical (unpaired) electrons. The Kier molecular flexibility index (Phi) is 21.6. The average Bonchev–Trinajstić information content (AvgIpc) is 4.57. The van der Waals surface area contributed by atoms with Gasteiger partial charge < -0.3 is 39.6 Å². The summed E-state index contributed by atoms with van der Waals surface area (Å²) in [7, 11) is 3.57. The van der Waals surface area contributed by atoms with Gasteiger partial charge in [0.1, 0.15) is 0 Å². The van der Waals surface area contributed by atoms with Crippen LogP contribution >= 0.6 is 0 Å². The van der Waals surface area contributed by atoms with Crippen LogP contribution < -0.4 is 10.8 Å². The van der Waals surface area contributed by atoms with Gasteiger partial charge in [-0.15, -0.1) is 0 Å². The fourth-order valence-electron chi connectivity index (χ4n) is 10.3. The highest BCUT2D eigenvalue weighted by molar-refractivity contribution is 5.98. The molecule has 86 heavy (non-hydrogen) atoms. The van der Waals surface area contributed by atoms with Crippen LogP contribution in [-0.4, -0.2) is 91.6 Å². The van der Waals surface area contributed by atoms with Crippen LogP contribution in [0.3, 0.4) is 0 Å². The maximum Gasteiger partial charge on any atom is 0.331 e. The van der Waals surface area contributed by atoms with E-state index in [2.05, 4.69) is 105 Å². The van der Waals surface area contributed by atoms with Crippen LogP contribution in [0.25, 0.3) is 49.2 Å². The average molecular weight is 1150 g/mol. The summed E-state index contributed by atoms with van der Waals surface area (Å²) in [5, 5.41) is 7.93. The normalized spacial score (nSPS) is 12.2. The highest BCUT2D eigenvalue weighted by atomic mass is 16.7. The van der Waals surface area contributed by atoms with Crippen LogP contribution in [0.5, 0.6) is 0 Å². The smallest absolute Gasteiger partial charge is 0.331 e. The van der Waals surface area contributed by atoms with Crippen LogP contribution in [0.15, 0.2) is 226 Å². The molecule has 0 spiro atoms. The second-order valence-corrected chi connectivity index (χ2v) is 20.1. The van der Waals surface area contributed by atoms with E-state index in [0.29, 0.717) is 25.6 Å². The van der Waals surface area contributed by atoms with Gasteiger partial charge in [0.15, 0.2) is 0 Å². The first-order chi connectivity index (χ1) is 42.2. The third kappa shape index (κ3) is 16.3. The lowest BCUT2D eigenvalue weighted by Gasteiger charge is -2.17. The molecule has 0 bridgehead atoms. The molecule has 3 atom stereocenters. The van der Waals surface area contributed by atoms with Crippen molar-refractivity contribution in [3.63, 3.8) is 0 Å². The van der Waals surface area contributed by atoms with Crippen molar-refractivity contribution >= 4 is 67.1 Å². The van der Waals surface area contributed by atoms with E-state index in [1.165, 1.54) is 28.1 Å². The highest BCUT2D eigenvalue weighted by Gasteiger charge is 2.22. The molecule has 12 rings (SSSR count). The highest BCUT2D eigenvalue weighted by Crippen LogP contribution is 2.33. The van der Waals surface area contributed by atoms with E-state index in [1.54, 1.807) is 45.0 Å². The first-order valence-corrected chi connectivity index (χ1v) is 28.7. The minimum Gasteiger partial charge on any atom is -0.466 e. The Hall–Kier alpha value is -10.3. The molecule has 0 fully saturated rings. The van der Waals surface area contributed by atoms with Crippen molar-refractivity contribution in [3.8, 4) is 0 Å². The molecule has 12 aromatic rings. The van der Waals surface area contributed by atoms with Crippen LogP contribution in [0.4, 0.5) is 0 Å². The number of rotatable bonds is 19.